The summed E-state index contributed by atoms with van der Waals surface area (Å²) in [6.45, 7) is 5.58. The van der Waals surface area contributed by atoms with Gasteiger partial charge in [0.1, 0.15) is 17.2 Å². The van der Waals surface area contributed by atoms with Crippen molar-refractivity contribution in [2.45, 2.75) is 64.1 Å². The Bertz CT molecular complexity index is 853. The van der Waals surface area contributed by atoms with Gasteiger partial charge in [-0.05, 0) is 55.6 Å². The van der Waals surface area contributed by atoms with Crippen LogP contribution in [0, 0.1) is 0 Å². The second kappa shape index (κ2) is 8.51. The minimum atomic E-state index is -0.515. The molecule has 1 aromatic heterocycles. The summed E-state index contributed by atoms with van der Waals surface area (Å²) in [7, 11) is 1.62. The normalized spacial score (nSPS) is 19.9. The summed E-state index contributed by atoms with van der Waals surface area (Å²) in [5.41, 5.74) is 1.02. The molecule has 7 nitrogen and oxygen atoms in total. The summed E-state index contributed by atoms with van der Waals surface area (Å²) in [5, 5.41) is 6.46. The number of hydrogen-bond donors (Lipinski definition) is 2. The van der Waals surface area contributed by atoms with Crippen molar-refractivity contribution in [3.63, 3.8) is 0 Å². The molecule has 8 heteroatoms. The SMILES string of the molecule is COc1cc2nc(NC3CCCCC3NC(=O)OC(C)(C)C)cnc2cc1Br. The molecule has 2 atom stereocenters. The number of amides is 1. The Morgan fingerprint density at radius 1 is 1.18 bits per heavy atom. The fourth-order valence-electron chi connectivity index (χ4n) is 3.37. The van der Waals surface area contributed by atoms with Crippen molar-refractivity contribution >= 4 is 38.9 Å². The van der Waals surface area contributed by atoms with Crippen LogP contribution in [-0.4, -0.2) is 40.9 Å². The molecule has 1 aliphatic rings. The maximum Gasteiger partial charge on any atom is 0.407 e. The molecule has 0 bridgehead atoms. The number of alkyl carbamates (subject to hydrolysis) is 1. The van der Waals surface area contributed by atoms with Crippen LogP contribution in [-0.2, 0) is 4.74 Å². The molecule has 0 spiro atoms. The fraction of sp³-hybridized carbons (Fsp3) is 0.550. The summed E-state index contributed by atoms with van der Waals surface area (Å²) < 4.78 is 11.6. The number of aromatic nitrogens is 2. The second-order valence-electron chi connectivity index (χ2n) is 8.02. The standard InChI is InChI=1S/C20H27BrN4O3/c1-20(2,3)28-19(26)25-14-8-6-5-7-13(14)23-18-11-22-15-9-12(21)17(27-4)10-16(15)24-18/h9-11,13-14H,5-8H2,1-4H3,(H,23,24)(H,25,26). The first-order chi connectivity index (χ1) is 13.2. The number of nitrogens with one attached hydrogen (secondary N) is 2. The van der Waals surface area contributed by atoms with E-state index in [1.165, 1.54) is 0 Å². The van der Waals surface area contributed by atoms with Crippen molar-refractivity contribution in [2.75, 3.05) is 12.4 Å². The van der Waals surface area contributed by atoms with Crippen molar-refractivity contribution in [2.24, 2.45) is 0 Å². The van der Waals surface area contributed by atoms with Crippen LogP contribution in [0.15, 0.2) is 22.8 Å². The monoisotopic (exact) mass is 450 g/mol. The summed E-state index contributed by atoms with van der Waals surface area (Å²) >= 11 is 3.47. The fourth-order valence-corrected chi connectivity index (χ4v) is 3.86. The topological polar surface area (TPSA) is 85.4 Å². The van der Waals surface area contributed by atoms with Crippen LogP contribution in [0.1, 0.15) is 46.5 Å². The van der Waals surface area contributed by atoms with Gasteiger partial charge in [0, 0.05) is 12.1 Å². The molecule has 1 aliphatic carbocycles. The molecule has 152 valence electrons. The van der Waals surface area contributed by atoms with Crippen LogP contribution < -0.4 is 15.4 Å². The number of halogens is 1. The van der Waals surface area contributed by atoms with E-state index in [1.807, 2.05) is 32.9 Å². The van der Waals surface area contributed by atoms with Crippen molar-refractivity contribution < 1.29 is 14.3 Å². The lowest BCUT2D eigenvalue weighted by molar-refractivity contribution is 0.0488. The average Bonchev–Trinajstić information content (AvgIpc) is 2.61. The first kappa shape index (κ1) is 20.6. The van der Waals surface area contributed by atoms with Gasteiger partial charge in [-0.1, -0.05) is 12.8 Å². The average molecular weight is 451 g/mol. The van der Waals surface area contributed by atoms with Crippen LogP contribution in [0.4, 0.5) is 10.6 Å². The lowest BCUT2D eigenvalue weighted by Gasteiger charge is -2.33. The predicted molar refractivity (Wildman–Crippen MR) is 113 cm³/mol. The lowest BCUT2D eigenvalue weighted by atomic mass is 9.90. The summed E-state index contributed by atoms with van der Waals surface area (Å²) in [4.78, 5) is 21.4. The Kier molecular flexibility index (Phi) is 6.27. The highest BCUT2D eigenvalue weighted by Gasteiger charge is 2.28. The van der Waals surface area contributed by atoms with Gasteiger partial charge in [0.2, 0.25) is 0 Å². The Hall–Kier alpha value is -2.09. The van der Waals surface area contributed by atoms with E-state index in [9.17, 15) is 4.79 Å². The van der Waals surface area contributed by atoms with Gasteiger partial charge in [0.25, 0.3) is 0 Å². The van der Waals surface area contributed by atoms with Crippen LogP contribution in [0.2, 0.25) is 0 Å². The molecule has 2 aromatic rings. The number of rotatable bonds is 4. The van der Waals surface area contributed by atoms with E-state index in [0.29, 0.717) is 11.6 Å². The largest absolute Gasteiger partial charge is 0.495 e. The Balaban J connectivity index is 1.74. The molecule has 1 amide bonds. The molecule has 1 saturated carbocycles. The third-order valence-corrected chi connectivity index (χ3v) is 5.24. The van der Waals surface area contributed by atoms with Crippen LogP contribution in [0.5, 0.6) is 5.75 Å². The van der Waals surface area contributed by atoms with Gasteiger partial charge in [-0.2, -0.15) is 0 Å². The van der Waals surface area contributed by atoms with Crippen molar-refractivity contribution in [3.05, 3.63) is 22.8 Å². The predicted octanol–water partition coefficient (Wildman–Crippen LogP) is 4.65. The van der Waals surface area contributed by atoms with Gasteiger partial charge in [0.05, 0.1) is 34.9 Å². The van der Waals surface area contributed by atoms with Gasteiger partial charge in [0.15, 0.2) is 0 Å². The van der Waals surface area contributed by atoms with Gasteiger partial charge in [-0.25, -0.2) is 9.78 Å². The van der Waals surface area contributed by atoms with E-state index < -0.39 is 5.60 Å². The highest BCUT2D eigenvalue weighted by atomic mass is 79.9. The van der Waals surface area contributed by atoms with Crippen molar-refractivity contribution in [3.8, 4) is 5.75 Å². The van der Waals surface area contributed by atoms with Gasteiger partial charge in [-0.15, -0.1) is 0 Å². The number of fused-ring (bicyclic) bond motifs is 1. The molecule has 0 aliphatic heterocycles. The number of carbonyl (C=O) groups excluding carboxylic acids is 1. The molecule has 0 radical (unpaired) electrons. The number of nitrogens with zero attached hydrogens (tertiary/aromatic N) is 2. The first-order valence-corrected chi connectivity index (χ1v) is 10.3. The Morgan fingerprint density at radius 2 is 1.89 bits per heavy atom. The van der Waals surface area contributed by atoms with Crippen LogP contribution in [0.25, 0.3) is 11.0 Å². The van der Waals surface area contributed by atoms with E-state index in [4.69, 9.17) is 9.47 Å². The smallest absolute Gasteiger partial charge is 0.407 e. The quantitative estimate of drug-likeness (QED) is 0.704. The summed E-state index contributed by atoms with van der Waals surface area (Å²) in [6.07, 6.45) is 5.37. The van der Waals surface area contributed by atoms with E-state index >= 15 is 0 Å². The molecule has 1 aromatic carbocycles. The van der Waals surface area contributed by atoms with E-state index in [1.54, 1.807) is 13.3 Å². The molecule has 1 heterocycles. The molecule has 2 N–H and O–H groups in total. The zero-order chi connectivity index (χ0) is 20.3. The molecule has 28 heavy (non-hydrogen) atoms. The van der Waals surface area contributed by atoms with E-state index in [2.05, 4.69) is 36.5 Å². The van der Waals surface area contributed by atoms with Crippen molar-refractivity contribution in [1.82, 2.24) is 15.3 Å². The maximum absolute atomic E-state index is 12.2. The third kappa shape index (κ3) is 5.25. The van der Waals surface area contributed by atoms with E-state index in [0.717, 1.165) is 41.2 Å². The zero-order valence-corrected chi connectivity index (χ0v) is 18.3. The maximum atomic E-state index is 12.2. The minimum absolute atomic E-state index is 0.0134. The van der Waals surface area contributed by atoms with Gasteiger partial charge < -0.3 is 20.1 Å². The molecule has 3 rings (SSSR count). The number of carbonyl (C=O) groups is 1. The number of benzene rings is 1. The van der Waals surface area contributed by atoms with Crippen LogP contribution >= 0.6 is 15.9 Å². The third-order valence-electron chi connectivity index (χ3n) is 4.62. The van der Waals surface area contributed by atoms with E-state index in [-0.39, 0.29) is 18.2 Å². The summed E-state index contributed by atoms with van der Waals surface area (Å²) in [6, 6.07) is 3.80. The number of hydrogen-bond acceptors (Lipinski definition) is 6. The highest BCUT2D eigenvalue weighted by molar-refractivity contribution is 9.10. The van der Waals surface area contributed by atoms with Crippen molar-refractivity contribution in [1.29, 1.82) is 0 Å². The molecular weight excluding hydrogens is 424 g/mol. The first-order valence-electron chi connectivity index (χ1n) is 9.51. The second-order valence-corrected chi connectivity index (χ2v) is 8.87. The molecule has 2 unspecified atom stereocenters. The number of ether oxygens (including phenoxy) is 2. The Morgan fingerprint density at radius 3 is 2.57 bits per heavy atom. The number of anilines is 1. The lowest BCUT2D eigenvalue weighted by Crippen LogP contribution is -2.49. The highest BCUT2D eigenvalue weighted by Crippen LogP contribution is 2.29. The Labute approximate surface area is 173 Å². The number of methoxy groups -OCH3 is 1. The molecule has 0 saturated heterocycles. The molecule has 1 fully saturated rings. The minimum Gasteiger partial charge on any atom is -0.495 e. The zero-order valence-electron chi connectivity index (χ0n) is 16.7. The van der Waals surface area contributed by atoms with Crippen LogP contribution in [0.3, 0.4) is 0 Å². The van der Waals surface area contributed by atoms with Gasteiger partial charge >= 0.3 is 6.09 Å². The molecular formula is C20H27BrN4O3. The van der Waals surface area contributed by atoms with Gasteiger partial charge in [-0.3, -0.25) is 4.98 Å². The summed E-state index contributed by atoms with van der Waals surface area (Å²) in [5.74, 6) is 1.39.